The van der Waals surface area contributed by atoms with Crippen LogP contribution in [0, 0.1) is 13.8 Å². The third-order valence-corrected chi connectivity index (χ3v) is 4.57. The van der Waals surface area contributed by atoms with Crippen molar-refractivity contribution in [2.45, 2.75) is 13.8 Å². The molecule has 0 aliphatic carbocycles. The smallest absolute Gasteiger partial charge is 0.187 e. The van der Waals surface area contributed by atoms with Crippen LogP contribution in [0.25, 0.3) is 11.3 Å². The Labute approximate surface area is 144 Å². The van der Waals surface area contributed by atoms with Crippen LogP contribution in [0.3, 0.4) is 0 Å². The van der Waals surface area contributed by atoms with E-state index in [1.54, 1.807) is 24.5 Å². The third-order valence-electron chi connectivity index (χ3n) is 3.58. The monoisotopic (exact) mass is 344 g/mol. The van der Waals surface area contributed by atoms with Crippen LogP contribution < -0.4 is 10.1 Å². The number of ether oxygens (including phenoxy) is 1. The summed E-state index contributed by atoms with van der Waals surface area (Å²) in [6, 6.07) is 11.9. The van der Waals surface area contributed by atoms with Gasteiger partial charge in [-0.3, -0.25) is 0 Å². The van der Waals surface area contributed by atoms with Crippen molar-refractivity contribution in [1.29, 1.82) is 0 Å². The van der Waals surface area contributed by atoms with Gasteiger partial charge in [0.2, 0.25) is 0 Å². The minimum absolute atomic E-state index is 0.652. The van der Waals surface area contributed by atoms with E-state index in [9.17, 15) is 0 Å². The summed E-state index contributed by atoms with van der Waals surface area (Å²) < 4.78 is 5.35. The van der Waals surface area contributed by atoms with E-state index in [1.807, 2.05) is 12.1 Å². The molecule has 0 atom stereocenters. The highest BCUT2D eigenvalue weighted by atomic mass is 35.5. The first-order valence-electron chi connectivity index (χ1n) is 7.20. The number of hydrogen-bond donors (Lipinski definition) is 1. The number of aryl methyl sites for hydroxylation is 2. The Morgan fingerprint density at radius 3 is 2.74 bits per heavy atom. The van der Waals surface area contributed by atoms with Crippen LogP contribution in [-0.4, -0.2) is 12.1 Å². The van der Waals surface area contributed by atoms with Gasteiger partial charge in [0, 0.05) is 16.0 Å². The number of thiazole rings is 1. The molecule has 1 heterocycles. The van der Waals surface area contributed by atoms with E-state index >= 15 is 0 Å². The number of benzene rings is 2. The van der Waals surface area contributed by atoms with Crippen LogP contribution in [0.4, 0.5) is 10.8 Å². The van der Waals surface area contributed by atoms with Gasteiger partial charge in [-0.1, -0.05) is 29.3 Å². The number of nitrogens with one attached hydrogen (secondary N) is 1. The Balaban J connectivity index is 1.91. The Bertz CT molecular complexity index is 845. The SMILES string of the molecule is COc1ccc(Cl)cc1Nc1nc(-c2cc(C)ccc2C)cs1. The van der Waals surface area contributed by atoms with Crippen LogP contribution in [0.5, 0.6) is 5.75 Å². The van der Waals surface area contributed by atoms with Crippen molar-refractivity contribution in [3.8, 4) is 17.0 Å². The molecule has 3 nitrogen and oxygen atoms in total. The van der Waals surface area contributed by atoms with E-state index in [0.29, 0.717) is 5.02 Å². The van der Waals surface area contributed by atoms with Crippen LogP contribution >= 0.6 is 22.9 Å². The van der Waals surface area contributed by atoms with Gasteiger partial charge in [-0.25, -0.2) is 4.98 Å². The van der Waals surface area contributed by atoms with E-state index in [4.69, 9.17) is 21.3 Å². The molecule has 0 amide bonds. The molecule has 0 aliphatic heterocycles. The van der Waals surface area contributed by atoms with Crippen LogP contribution in [0.1, 0.15) is 11.1 Å². The van der Waals surface area contributed by atoms with Crippen molar-refractivity contribution in [3.05, 3.63) is 57.9 Å². The van der Waals surface area contributed by atoms with Crippen LogP contribution in [-0.2, 0) is 0 Å². The molecule has 0 fully saturated rings. The number of halogens is 1. The number of methoxy groups -OCH3 is 1. The molecule has 0 radical (unpaired) electrons. The molecular weight excluding hydrogens is 328 g/mol. The molecule has 118 valence electrons. The van der Waals surface area contributed by atoms with Gasteiger partial charge in [-0.15, -0.1) is 11.3 Å². The Morgan fingerprint density at radius 1 is 1.13 bits per heavy atom. The van der Waals surface area contributed by atoms with E-state index < -0.39 is 0 Å². The minimum Gasteiger partial charge on any atom is -0.495 e. The lowest BCUT2D eigenvalue weighted by Crippen LogP contribution is -1.94. The van der Waals surface area contributed by atoms with E-state index in [2.05, 4.69) is 42.7 Å². The average molecular weight is 345 g/mol. The van der Waals surface area contributed by atoms with Gasteiger partial charge in [0.15, 0.2) is 5.13 Å². The Morgan fingerprint density at radius 2 is 1.96 bits per heavy atom. The van der Waals surface area contributed by atoms with Gasteiger partial charge in [0.05, 0.1) is 18.5 Å². The molecule has 1 aromatic heterocycles. The van der Waals surface area contributed by atoms with Crippen LogP contribution in [0.2, 0.25) is 5.02 Å². The Hall–Kier alpha value is -2.04. The zero-order valence-electron chi connectivity index (χ0n) is 13.2. The molecule has 1 N–H and O–H groups in total. The zero-order chi connectivity index (χ0) is 16.4. The second-order valence-electron chi connectivity index (χ2n) is 5.33. The maximum atomic E-state index is 6.07. The molecule has 23 heavy (non-hydrogen) atoms. The average Bonchev–Trinajstić information content (AvgIpc) is 2.98. The summed E-state index contributed by atoms with van der Waals surface area (Å²) in [6.07, 6.45) is 0. The van der Waals surface area contributed by atoms with Crippen molar-refractivity contribution in [3.63, 3.8) is 0 Å². The maximum absolute atomic E-state index is 6.07. The molecule has 0 saturated carbocycles. The fraction of sp³-hybridized carbons (Fsp3) is 0.167. The first-order chi connectivity index (χ1) is 11.1. The van der Waals surface area contributed by atoms with E-state index in [0.717, 1.165) is 27.8 Å². The van der Waals surface area contributed by atoms with Crippen molar-refractivity contribution in [1.82, 2.24) is 4.98 Å². The second-order valence-corrected chi connectivity index (χ2v) is 6.62. The first kappa shape index (κ1) is 15.8. The molecule has 0 unspecified atom stereocenters. The highest BCUT2D eigenvalue weighted by molar-refractivity contribution is 7.14. The minimum atomic E-state index is 0.652. The summed E-state index contributed by atoms with van der Waals surface area (Å²) in [5, 5.41) is 6.80. The van der Waals surface area contributed by atoms with E-state index in [-0.39, 0.29) is 0 Å². The summed E-state index contributed by atoms with van der Waals surface area (Å²) in [5.41, 5.74) is 5.38. The van der Waals surface area contributed by atoms with Crippen molar-refractivity contribution >= 4 is 33.8 Å². The zero-order valence-corrected chi connectivity index (χ0v) is 14.8. The molecule has 5 heteroatoms. The van der Waals surface area contributed by atoms with Gasteiger partial charge in [-0.05, 0) is 43.7 Å². The molecule has 0 aliphatic rings. The molecule has 3 aromatic rings. The number of aromatic nitrogens is 1. The van der Waals surface area contributed by atoms with Crippen LogP contribution in [0.15, 0.2) is 41.8 Å². The van der Waals surface area contributed by atoms with Gasteiger partial charge in [-0.2, -0.15) is 0 Å². The molecule has 0 saturated heterocycles. The molecule has 0 spiro atoms. The number of anilines is 2. The predicted octanol–water partition coefficient (Wildman–Crippen LogP) is 5.83. The number of nitrogens with zero attached hydrogens (tertiary/aromatic N) is 1. The first-order valence-corrected chi connectivity index (χ1v) is 8.46. The summed E-state index contributed by atoms with van der Waals surface area (Å²) in [6.45, 7) is 4.19. The molecule has 0 bridgehead atoms. The highest BCUT2D eigenvalue weighted by Gasteiger charge is 2.10. The number of rotatable bonds is 4. The van der Waals surface area contributed by atoms with Gasteiger partial charge >= 0.3 is 0 Å². The highest BCUT2D eigenvalue weighted by Crippen LogP contribution is 2.34. The fourth-order valence-corrected chi connectivity index (χ4v) is 3.25. The summed E-state index contributed by atoms with van der Waals surface area (Å²) in [7, 11) is 1.64. The summed E-state index contributed by atoms with van der Waals surface area (Å²) in [5.74, 6) is 0.734. The van der Waals surface area contributed by atoms with Gasteiger partial charge in [0.25, 0.3) is 0 Å². The predicted molar refractivity (Wildman–Crippen MR) is 98.3 cm³/mol. The van der Waals surface area contributed by atoms with Gasteiger partial charge in [0.1, 0.15) is 5.75 Å². The number of hydrogen-bond acceptors (Lipinski definition) is 4. The topological polar surface area (TPSA) is 34.1 Å². The second kappa shape index (κ2) is 6.60. The molecular formula is C18H17ClN2OS. The lowest BCUT2D eigenvalue weighted by molar-refractivity contribution is 0.417. The normalized spacial score (nSPS) is 10.6. The lowest BCUT2D eigenvalue weighted by Gasteiger charge is -2.09. The molecule has 2 aromatic carbocycles. The Kier molecular flexibility index (Phi) is 4.55. The third kappa shape index (κ3) is 3.49. The standard InChI is InChI=1S/C18H17ClN2OS/c1-11-4-5-12(2)14(8-11)16-10-23-18(21-16)20-15-9-13(19)6-7-17(15)22-3/h4-10H,1-3H3,(H,20,21). The maximum Gasteiger partial charge on any atom is 0.187 e. The summed E-state index contributed by atoms with van der Waals surface area (Å²) >= 11 is 7.62. The molecule has 3 rings (SSSR count). The quantitative estimate of drug-likeness (QED) is 0.646. The van der Waals surface area contributed by atoms with Crippen molar-refractivity contribution in [2.75, 3.05) is 12.4 Å². The fourth-order valence-electron chi connectivity index (χ4n) is 2.36. The lowest BCUT2D eigenvalue weighted by atomic mass is 10.0. The van der Waals surface area contributed by atoms with E-state index in [1.165, 1.54) is 11.1 Å². The largest absolute Gasteiger partial charge is 0.495 e. The summed E-state index contributed by atoms with van der Waals surface area (Å²) in [4.78, 5) is 4.69. The van der Waals surface area contributed by atoms with Gasteiger partial charge < -0.3 is 10.1 Å². The van der Waals surface area contributed by atoms with Crippen molar-refractivity contribution < 1.29 is 4.74 Å². The van der Waals surface area contributed by atoms with Crippen molar-refractivity contribution in [2.24, 2.45) is 0 Å².